The van der Waals surface area contributed by atoms with Gasteiger partial charge in [-0.1, -0.05) is 0 Å². The van der Waals surface area contributed by atoms with Gasteiger partial charge in [0.05, 0.1) is 25.8 Å². The van der Waals surface area contributed by atoms with Gasteiger partial charge in [-0.3, -0.25) is 9.59 Å². The van der Waals surface area contributed by atoms with Crippen LogP contribution in [0.5, 0.6) is 0 Å². The molecule has 0 radical (unpaired) electrons. The molecule has 0 saturated heterocycles. The normalized spacial score (nSPS) is 13.8. The Labute approximate surface area is 156 Å². The van der Waals surface area contributed by atoms with Crippen LogP contribution in [0.25, 0.3) is 0 Å². The maximum absolute atomic E-state index is 12.5. The molecule has 1 heterocycles. The van der Waals surface area contributed by atoms with Crippen molar-refractivity contribution in [3.8, 4) is 0 Å². The van der Waals surface area contributed by atoms with Crippen LogP contribution in [0.4, 0.5) is 11.4 Å². The van der Waals surface area contributed by atoms with Crippen LogP contribution in [0.3, 0.4) is 0 Å². The summed E-state index contributed by atoms with van der Waals surface area (Å²) in [4.78, 5) is 37.5. The average molecular weight is 377 g/mol. The van der Waals surface area contributed by atoms with E-state index in [0.29, 0.717) is 11.4 Å². The van der Waals surface area contributed by atoms with Crippen molar-refractivity contribution in [3.63, 3.8) is 0 Å². The highest BCUT2D eigenvalue weighted by Gasteiger charge is 2.34. The largest absolute Gasteiger partial charge is 0.466 e. The zero-order valence-corrected chi connectivity index (χ0v) is 15.5. The molecule has 1 aromatic carbocycles. The fraction of sp³-hybridized carbons (Fsp3) is 0.389. The highest BCUT2D eigenvalue weighted by molar-refractivity contribution is 6.08. The smallest absolute Gasteiger partial charge is 0.337 e. The van der Waals surface area contributed by atoms with E-state index >= 15 is 0 Å². The van der Waals surface area contributed by atoms with E-state index in [9.17, 15) is 14.4 Å². The van der Waals surface area contributed by atoms with Gasteiger partial charge in [0.15, 0.2) is 0 Å². The zero-order chi connectivity index (χ0) is 20.0. The van der Waals surface area contributed by atoms with Crippen molar-refractivity contribution < 1.29 is 29.0 Å². The minimum atomic E-state index is -0.605. The maximum atomic E-state index is 12.5. The monoisotopic (exact) mass is 377 g/mol. The van der Waals surface area contributed by atoms with Crippen molar-refractivity contribution in [1.82, 2.24) is 4.90 Å². The molecule has 0 unspecified atom stereocenters. The van der Waals surface area contributed by atoms with E-state index < -0.39 is 5.97 Å². The molecule has 27 heavy (non-hydrogen) atoms. The molecule has 1 aliphatic heterocycles. The molecule has 0 spiro atoms. The Hall–Kier alpha value is -2.91. The summed E-state index contributed by atoms with van der Waals surface area (Å²) in [5, 5.41) is 14.8. The second-order valence-electron chi connectivity index (χ2n) is 5.93. The number of amides is 2. The first-order valence-corrected chi connectivity index (χ1v) is 8.29. The van der Waals surface area contributed by atoms with Crippen LogP contribution in [0, 0.1) is 6.92 Å². The van der Waals surface area contributed by atoms with Gasteiger partial charge in [-0.25, -0.2) is 4.79 Å². The predicted molar refractivity (Wildman–Crippen MR) is 98.0 cm³/mol. The summed E-state index contributed by atoms with van der Waals surface area (Å²) in [6.07, 6.45) is 0. The van der Waals surface area contributed by atoms with Crippen molar-refractivity contribution in [3.05, 3.63) is 35.0 Å². The van der Waals surface area contributed by atoms with Crippen LogP contribution >= 0.6 is 0 Å². The molecule has 9 heteroatoms. The molecule has 3 N–H and O–H groups in total. The minimum Gasteiger partial charge on any atom is -0.466 e. The van der Waals surface area contributed by atoms with E-state index in [-0.39, 0.29) is 49.4 Å². The quantitative estimate of drug-likeness (QED) is 0.556. The number of aryl methyl sites for hydroxylation is 1. The second kappa shape index (κ2) is 9.15. The molecule has 9 nitrogen and oxygen atoms in total. The molecule has 0 aliphatic carbocycles. The number of ether oxygens (including phenoxy) is 2. The van der Waals surface area contributed by atoms with Gasteiger partial charge < -0.3 is 30.1 Å². The molecule has 146 valence electrons. The zero-order valence-electron chi connectivity index (χ0n) is 15.5. The van der Waals surface area contributed by atoms with Gasteiger partial charge >= 0.3 is 5.97 Å². The summed E-state index contributed by atoms with van der Waals surface area (Å²) < 4.78 is 9.53. The van der Waals surface area contributed by atoms with Gasteiger partial charge in [0, 0.05) is 25.0 Å². The first kappa shape index (κ1) is 20.4. The number of β-amino-alcohol motifs (C(OH)–C–C–N with tert-alkyl or cyclic N) is 1. The number of aliphatic hydroxyl groups is 1. The van der Waals surface area contributed by atoms with Crippen molar-refractivity contribution in [2.24, 2.45) is 0 Å². The number of carbonyl (C=O) groups excluding carboxylic acids is 3. The van der Waals surface area contributed by atoms with Crippen molar-refractivity contribution in [2.45, 2.75) is 6.92 Å². The molecule has 0 aromatic heterocycles. The molecule has 0 bridgehead atoms. The number of esters is 1. The number of rotatable bonds is 8. The van der Waals surface area contributed by atoms with E-state index in [1.165, 1.54) is 19.1 Å². The van der Waals surface area contributed by atoms with E-state index in [1.807, 2.05) is 0 Å². The molecule has 1 aromatic rings. The summed E-state index contributed by atoms with van der Waals surface area (Å²) in [5.74, 6) is -1.27. The Kier molecular flexibility index (Phi) is 6.91. The third kappa shape index (κ3) is 4.83. The van der Waals surface area contributed by atoms with Crippen LogP contribution in [-0.4, -0.2) is 68.3 Å². The molecule has 2 amide bonds. The number of hydrogen-bond acceptors (Lipinski definition) is 7. The fourth-order valence-corrected chi connectivity index (χ4v) is 2.69. The van der Waals surface area contributed by atoms with Crippen molar-refractivity contribution in [2.75, 3.05) is 51.2 Å². The van der Waals surface area contributed by atoms with E-state index in [0.717, 1.165) is 5.56 Å². The Morgan fingerprint density at radius 3 is 2.63 bits per heavy atom. The lowest BCUT2D eigenvalue weighted by Crippen LogP contribution is -2.31. The summed E-state index contributed by atoms with van der Waals surface area (Å²) in [5.41, 5.74) is 2.27. The minimum absolute atomic E-state index is 0.0516. The van der Waals surface area contributed by atoms with E-state index in [4.69, 9.17) is 14.6 Å². The summed E-state index contributed by atoms with van der Waals surface area (Å²) in [6.45, 7) is 1.73. The third-order valence-corrected chi connectivity index (χ3v) is 4.00. The predicted octanol–water partition coefficient (Wildman–Crippen LogP) is 0.253. The number of hydrogen-bond donors (Lipinski definition) is 3. The number of nitrogens with one attached hydrogen (secondary N) is 2. The summed E-state index contributed by atoms with van der Waals surface area (Å²) in [6, 6.07) is 5.11. The molecule has 0 atom stereocenters. The van der Waals surface area contributed by atoms with Gasteiger partial charge in [-0.15, -0.1) is 0 Å². The van der Waals surface area contributed by atoms with Gasteiger partial charge in [0.2, 0.25) is 5.91 Å². The second-order valence-corrected chi connectivity index (χ2v) is 5.93. The van der Waals surface area contributed by atoms with Gasteiger partial charge in [0.1, 0.15) is 12.3 Å². The Morgan fingerprint density at radius 2 is 2.04 bits per heavy atom. The number of anilines is 2. The van der Waals surface area contributed by atoms with E-state index in [1.54, 1.807) is 25.1 Å². The average Bonchev–Trinajstić information content (AvgIpc) is 2.93. The third-order valence-electron chi connectivity index (χ3n) is 4.00. The Bertz CT molecular complexity index is 774. The topological polar surface area (TPSA) is 117 Å². The fourth-order valence-electron chi connectivity index (χ4n) is 2.69. The highest BCUT2D eigenvalue weighted by atomic mass is 16.5. The molecular weight excluding hydrogens is 354 g/mol. The lowest BCUT2D eigenvalue weighted by molar-refractivity contribution is -0.136. The molecule has 2 rings (SSSR count). The standard InChI is InChI=1S/C18H23N3O6/c1-11-8-12(4-5-14(11)20-15(23)10-26-2)19-16-13(18(25)27-3)9-21(6-7-22)17(16)24/h4-5,8,19,22H,6-7,9-10H2,1-3H3,(H,20,23). The van der Waals surface area contributed by atoms with Crippen LogP contribution in [-0.2, 0) is 23.9 Å². The first-order chi connectivity index (χ1) is 12.9. The first-order valence-electron chi connectivity index (χ1n) is 8.29. The molecular formula is C18H23N3O6. The highest BCUT2D eigenvalue weighted by Crippen LogP contribution is 2.25. The lowest BCUT2D eigenvalue weighted by Gasteiger charge is -2.15. The number of carbonyl (C=O) groups is 3. The summed E-state index contributed by atoms with van der Waals surface area (Å²) >= 11 is 0. The van der Waals surface area contributed by atoms with Gasteiger partial charge in [0.25, 0.3) is 5.91 Å². The molecule has 0 saturated carbocycles. The number of aliphatic hydroxyl groups excluding tert-OH is 1. The number of nitrogens with zero attached hydrogens (tertiary/aromatic N) is 1. The van der Waals surface area contributed by atoms with E-state index in [2.05, 4.69) is 10.6 Å². The van der Waals surface area contributed by atoms with Gasteiger partial charge in [-0.05, 0) is 30.7 Å². The lowest BCUT2D eigenvalue weighted by atomic mass is 10.1. The van der Waals surface area contributed by atoms with Crippen molar-refractivity contribution >= 4 is 29.2 Å². The Morgan fingerprint density at radius 1 is 1.30 bits per heavy atom. The molecule has 1 aliphatic rings. The van der Waals surface area contributed by atoms with Gasteiger partial charge in [-0.2, -0.15) is 0 Å². The van der Waals surface area contributed by atoms with Crippen LogP contribution in [0.1, 0.15) is 5.56 Å². The van der Waals surface area contributed by atoms with Crippen LogP contribution in [0.15, 0.2) is 29.5 Å². The SMILES string of the molecule is COCC(=O)Nc1ccc(NC2=C(C(=O)OC)CN(CCO)C2=O)cc1C. The summed E-state index contributed by atoms with van der Waals surface area (Å²) in [7, 11) is 2.68. The van der Waals surface area contributed by atoms with Crippen molar-refractivity contribution in [1.29, 1.82) is 0 Å². The maximum Gasteiger partial charge on any atom is 0.337 e. The number of methoxy groups -OCH3 is 2. The molecule has 0 fully saturated rings. The van der Waals surface area contributed by atoms with Crippen LogP contribution < -0.4 is 10.6 Å². The number of benzene rings is 1. The van der Waals surface area contributed by atoms with Crippen LogP contribution in [0.2, 0.25) is 0 Å². The Balaban J connectivity index is 2.22.